The van der Waals surface area contributed by atoms with E-state index >= 15 is 0 Å². The maximum Gasteiger partial charge on any atom is 0.401 e. The number of likely N-dealkylation sites (tertiary alicyclic amines) is 1. The van der Waals surface area contributed by atoms with Gasteiger partial charge in [-0.1, -0.05) is 12.1 Å². The number of hydrogen-bond acceptors (Lipinski definition) is 4. The van der Waals surface area contributed by atoms with Gasteiger partial charge in [0.15, 0.2) is 5.96 Å². The Kier molecular flexibility index (Phi) is 11.7. The van der Waals surface area contributed by atoms with Crippen LogP contribution in [0.5, 0.6) is 5.75 Å². The van der Waals surface area contributed by atoms with Crippen LogP contribution in [0.3, 0.4) is 0 Å². The van der Waals surface area contributed by atoms with E-state index in [-0.39, 0.29) is 30.0 Å². The van der Waals surface area contributed by atoms with Crippen molar-refractivity contribution in [2.75, 3.05) is 46.9 Å². The number of halogens is 4. The first-order valence-electron chi connectivity index (χ1n) is 9.36. The van der Waals surface area contributed by atoms with E-state index in [1.807, 2.05) is 24.3 Å². The van der Waals surface area contributed by atoms with E-state index in [1.165, 1.54) is 4.90 Å². The Morgan fingerprint density at radius 1 is 1.28 bits per heavy atom. The second-order valence-corrected chi connectivity index (χ2v) is 6.73. The predicted molar refractivity (Wildman–Crippen MR) is 118 cm³/mol. The van der Waals surface area contributed by atoms with E-state index in [1.54, 1.807) is 14.2 Å². The van der Waals surface area contributed by atoms with Crippen molar-refractivity contribution in [3.8, 4) is 5.75 Å². The third kappa shape index (κ3) is 10.4. The minimum atomic E-state index is -4.15. The number of alkyl halides is 3. The first kappa shape index (κ1) is 25.8. The van der Waals surface area contributed by atoms with Crippen LogP contribution in [0.25, 0.3) is 0 Å². The zero-order valence-electron chi connectivity index (χ0n) is 16.8. The maximum atomic E-state index is 12.5. The Balaban J connectivity index is 0.00000420. The quantitative estimate of drug-likeness (QED) is 0.223. The van der Waals surface area contributed by atoms with Crippen LogP contribution in [0.4, 0.5) is 13.2 Å². The Bertz CT molecular complexity index is 614. The zero-order valence-corrected chi connectivity index (χ0v) is 19.1. The van der Waals surface area contributed by atoms with Gasteiger partial charge in [0.1, 0.15) is 5.75 Å². The molecule has 1 unspecified atom stereocenters. The molecule has 1 atom stereocenters. The van der Waals surface area contributed by atoms with Gasteiger partial charge in [0, 0.05) is 39.3 Å². The van der Waals surface area contributed by atoms with E-state index in [9.17, 15) is 13.2 Å². The van der Waals surface area contributed by atoms with Gasteiger partial charge in [0.2, 0.25) is 0 Å². The fourth-order valence-corrected chi connectivity index (χ4v) is 3.03. The minimum absolute atomic E-state index is 0. The summed E-state index contributed by atoms with van der Waals surface area (Å²) in [5.74, 6) is 1.42. The summed E-state index contributed by atoms with van der Waals surface area (Å²) in [4.78, 5) is 5.55. The van der Waals surface area contributed by atoms with Crippen molar-refractivity contribution in [2.24, 2.45) is 4.99 Å². The Morgan fingerprint density at radius 2 is 2.00 bits per heavy atom. The van der Waals surface area contributed by atoms with Crippen LogP contribution in [-0.2, 0) is 11.3 Å². The molecule has 1 aromatic rings. The number of rotatable bonds is 9. The SMILES string of the molecule is CN=C(NCCCOCc1ccc(OC)cc1)NC1CCN(CC(F)(F)F)C1.I. The number of aliphatic imine (C=N–C) groups is 1. The standard InChI is InChI=1S/C19H29F3N4O2.HI/c1-23-18(25-16-8-10-26(12-16)14-19(20,21)22)24-9-3-11-28-13-15-4-6-17(27-2)7-5-15;/h4-7,16H,3,8-14H2,1-2H3,(H2,23,24,25);1H. The molecule has 0 spiro atoms. The fraction of sp³-hybridized carbons (Fsp3) is 0.632. The van der Waals surface area contributed by atoms with Gasteiger partial charge in [-0.25, -0.2) is 0 Å². The molecular weight excluding hydrogens is 500 g/mol. The van der Waals surface area contributed by atoms with Gasteiger partial charge < -0.3 is 20.1 Å². The molecule has 0 radical (unpaired) electrons. The average Bonchev–Trinajstić information content (AvgIpc) is 3.09. The summed E-state index contributed by atoms with van der Waals surface area (Å²) in [5, 5.41) is 6.36. The number of guanidine groups is 1. The average molecular weight is 530 g/mol. The van der Waals surface area contributed by atoms with E-state index < -0.39 is 12.7 Å². The Labute approximate surface area is 187 Å². The number of nitrogens with one attached hydrogen (secondary N) is 2. The first-order chi connectivity index (χ1) is 13.4. The fourth-order valence-electron chi connectivity index (χ4n) is 3.03. The number of ether oxygens (including phenoxy) is 2. The Morgan fingerprint density at radius 3 is 2.62 bits per heavy atom. The van der Waals surface area contributed by atoms with Crippen molar-refractivity contribution >= 4 is 29.9 Å². The molecule has 0 amide bonds. The molecule has 29 heavy (non-hydrogen) atoms. The molecule has 1 aromatic carbocycles. The Hall–Kier alpha value is -1.27. The molecule has 1 fully saturated rings. The normalized spacial score (nSPS) is 17.7. The van der Waals surface area contributed by atoms with Crippen LogP contribution in [0.1, 0.15) is 18.4 Å². The topological polar surface area (TPSA) is 58.1 Å². The lowest BCUT2D eigenvalue weighted by molar-refractivity contribution is -0.143. The van der Waals surface area contributed by atoms with E-state index in [2.05, 4.69) is 15.6 Å². The second kappa shape index (κ2) is 13.1. The number of benzene rings is 1. The number of nitrogens with zero attached hydrogens (tertiary/aromatic N) is 2. The van der Waals surface area contributed by atoms with Crippen molar-refractivity contribution in [1.82, 2.24) is 15.5 Å². The highest BCUT2D eigenvalue weighted by atomic mass is 127. The van der Waals surface area contributed by atoms with Gasteiger partial charge in [-0.05, 0) is 30.5 Å². The highest BCUT2D eigenvalue weighted by Crippen LogP contribution is 2.19. The highest BCUT2D eigenvalue weighted by Gasteiger charge is 2.34. The first-order valence-corrected chi connectivity index (χ1v) is 9.36. The monoisotopic (exact) mass is 530 g/mol. The van der Waals surface area contributed by atoms with Crippen molar-refractivity contribution in [2.45, 2.75) is 31.7 Å². The number of hydrogen-bond donors (Lipinski definition) is 2. The maximum absolute atomic E-state index is 12.5. The van der Waals surface area contributed by atoms with Gasteiger partial charge in [-0.2, -0.15) is 13.2 Å². The van der Waals surface area contributed by atoms with Gasteiger partial charge in [0.25, 0.3) is 0 Å². The molecule has 0 aromatic heterocycles. The molecule has 0 saturated carbocycles. The third-order valence-corrected chi connectivity index (χ3v) is 4.43. The molecule has 1 aliphatic rings. The molecule has 1 aliphatic heterocycles. The van der Waals surface area contributed by atoms with Crippen LogP contribution in [-0.4, -0.2) is 70.0 Å². The van der Waals surface area contributed by atoms with Crippen molar-refractivity contribution in [3.63, 3.8) is 0 Å². The molecule has 2 N–H and O–H groups in total. The summed E-state index contributed by atoms with van der Waals surface area (Å²) in [7, 11) is 3.28. The molecule has 1 heterocycles. The third-order valence-electron chi connectivity index (χ3n) is 4.43. The largest absolute Gasteiger partial charge is 0.497 e. The smallest absolute Gasteiger partial charge is 0.401 e. The molecular formula is C19H30F3IN4O2. The molecule has 1 saturated heterocycles. The summed E-state index contributed by atoms with van der Waals surface area (Å²) >= 11 is 0. The van der Waals surface area contributed by atoms with Crippen LogP contribution in [0.2, 0.25) is 0 Å². The zero-order chi connectivity index (χ0) is 20.4. The molecule has 166 valence electrons. The lowest BCUT2D eigenvalue weighted by Crippen LogP contribution is -2.45. The second-order valence-electron chi connectivity index (χ2n) is 6.73. The van der Waals surface area contributed by atoms with E-state index in [0.29, 0.717) is 45.2 Å². The lowest BCUT2D eigenvalue weighted by atomic mass is 10.2. The van der Waals surface area contributed by atoms with Crippen molar-refractivity contribution in [1.29, 1.82) is 0 Å². The van der Waals surface area contributed by atoms with Gasteiger partial charge in [-0.3, -0.25) is 9.89 Å². The van der Waals surface area contributed by atoms with E-state index in [4.69, 9.17) is 9.47 Å². The lowest BCUT2D eigenvalue weighted by Gasteiger charge is -2.19. The summed E-state index contributed by atoms with van der Waals surface area (Å²) in [5.41, 5.74) is 1.08. The van der Waals surface area contributed by atoms with E-state index in [0.717, 1.165) is 17.7 Å². The van der Waals surface area contributed by atoms with Crippen molar-refractivity contribution < 1.29 is 22.6 Å². The molecule has 2 rings (SSSR count). The van der Waals surface area contributed by atoms with Gasteiger partial charge in [-0.15, -0.1) is 24.0 Å². The molecule has 10 heteroatoms. The predicted octanol–water partition coefficient (Wildman–Crippen LogP) is 3.02. The number of methoxy groups -OCH3 is 1. The van der Waals surface area contributed by atoms with Crippen LogP contribution in [0.15, 0.2) is 29.3 Å². The summed E-state index contributed by atoms with van der Waals surface area (Å²) < 4.78 is 48.1. The van der Waals surface area contributed by atoms with Gasteiger partial charge in [0.05, 0.1) is 20.3 Å². The summed E-state index contributed by atoms with van der Waals surface area (Å²) in [6, 6.07) is 7.70. The van der Waals surface area contributed by atoms with Crippen molar-refractivity contribution in [3.05, 3.63) is 29.8 Å². The molecule has 6 nitrogen and oxygen atoms in total. The van der Waals surface area contributed by atoms with Crippen LogP contribution < -0.4 is 15.4 Å². The highest BCUT2D eigenvalue weighted by molar-refractivity contribution is 14.0. The summed E-state index contributed by atoms with van der Waals surface area (Å²) in [6.45, 7) is 1.75. The molecule has 0 bridgehead atoms. The van der Waals surface area contributed by atoms with Crippen LogP contribution >= 0.6 is 24.0 Å². The minimum Gasteiger partial charge on any atom is -0.497 e. The summed E-state index contributed by atoms with van der Waals surface area (Å²) in [6.07, 6.45) is -2.69. The van der Waals surface area contributed by atoms with Crippen LogP contribution in [0, 0.1) is 0 Å². The molecule has 0 aliphatic carbocycles. The van der Waals surface area contributed by atoms with Gasteiger partial charge >= 0.3 is 6.18 Å².